The summed E-state index contributed by atoms with van der Waals surface area (Å²) in [5, 5.41) is 12.6. The summed E-state index contributed by atoms with van der Waals surface area (Å²) in [5.74, 6) is 0. The summed E-state index contributed by atoms with van der Waals surface area (Å²) in [6, 6.07) is 4.34. The van der Waals surface area contributed by atoms with Crippen LogP contribution in [0.2, 0.25) is 0 Å². The molecule has 0 spiro atoms. The molecule has 0 aromatic rings. The first-order chi connectivity index (χ1) is 7.70. The van der Waals surface area contributed by atoms with Gasteiger partial charge in [-0.05, 0) is 39.5 Å². The quantitative estimate of drug-likeness (QED) is 0.788. The first-order valence-corrected chi connectivity index (χ1v) is 6.62. The predicted octanol–water partition coefficient (Wildman–Crippen LogP) is 1.89. The predicted molar refractivity (Wildman–Crippen MR) is 65.0 cm³/mol. The zero-order valence-electron chi connectivity index (χ0n) is 10.4. The largest absolute Gasteiger partial charge is 0.298 e. The third kappa shape index (κ3) is 2.96. The topological polar surface area (TPSA) is 39.1 Å². The van der Waals surface area contributed by atoms with Crippen molar-refractivity contribution in [2.75, 3.05) is 6.54 Å². The molecule has 0 amide bonds. The molecule has 1 N–H and O–H groups in total. The lowest BCUT2D eigenvalue weighted by atomic mass is 9.97. The molecule has 0 aromatic carbocycles. The Morgan fingerprint density at radius 2 is 1.88 bits per heavy atom. The minimum Gasteiger partial charge on any atom is -0.298 e. The van der Waals surface area contributed by atoms with Crippen LogP contribution in [0.15, 0.2) is 0 Å². The van der Waals surface area contributed by atoms with Crippen LogP contribution in [0.4, 0.5) is 0 Å². The Bertz CT molecular complexity index is 257. The van der Waals surface area contributed by atoms with Gasteiger partial charge in [-0.25, -0.2) is 0 Å². The number of hydrogen-bond donors (Lipinski definition) is 1. The van der Waals surface area contributed by atoms with E-state index in [2.05, 4.69) is 30.1 Å². The van der Waals surface area contributed by atoms with Crippen molar-refractivity contribution in [3.63, 3.8) is 0 Å². The third-order valence-corrected chi connectivity index (χ3v) is 3.94. The monoisotopic (exact) mass is 221 g/mol. The minimum atomic E-state index is 0.0236. The van der Waals surface area contributed by atoms with Crippen LogP contribution in [0.3, 0.4) is 0 Å². The summed E-state index contributed by atoms with van der Waals surface area (Å²) in [6.45, 7) is 5.48. The molecule has 16 heavy (non-hydrogen) atoms. The summed E-state index contributed by atoms with van der Waals surface area (Å²) in [7, 11) is 0. The fourth-order valence-corrected chi connectivity index (χ4v) is 2.71. The van der Waals surface area contributed by atoms with Crippen LogP contribution >= 0.6 is 0 Å². The minimum absolute atomic E-state index is 0.0236. The number of nitrogens with zero attached hydrogens (tertiary/aromatic N) is 2. The molecule has 2 fully saturated rings. The van der Waals surface area contributed by atoms with Gasteiger partial charge in [0.1, 0.15) is 6.04 Å². The standard InChI is InChI=1S/C13H23N3/c1-10-4-3-5-11(2)16(10)9-13(8-14)15-12-6-7-12/h10-13,15H,3-7,9H2,1-2H3. The fraction of sp³-hybridized carbons (Fsp3) is 0.923. The molecular weight excluding hydrogens is 198 g/mol. The van der Waals surface area contributed by atoms with E-state index in [4.69, 9.17) is 5.26 Å². The van der Waals surface area contributed by atoms with Crippen molar-refractivity contribution in [2.24, 2.45) is 0 Å². The first kappa shape index (κ1) is 11.9. The van der Waals surface area contributed by atoms with Gasteiger partial charge < -0.3 is 0 Å². The fourth-order valence-electron chi connectivity index (χ4n) is 2.71. The lowest BCUT2D eigenvalue weighted by Crippen LogP contribution is -2.50. The van der Waals surface area contributed by atoms with Crippen LogP contribution in [0.1, 0.15) is 46.0 Å². The maximum Gasteiger partial charge on any atom is 0.108 e. The van der Waals surface area contributed by atoms with Crippen LogP contribution in [-0.4, -0.2) is 35.6 Å². The van der Waals surface area contributed by atoms with Crippen molar-refractivity contribution in [3.05, 3.63) is 0 Å². The Morgan fingerprint density at radius 3 is 2.38 bits per heavy atom. The summed E-state index contributed by atoms with van der Waals surface area (Å²) in [6.07, 6.45) is 6.41. The van der Waals surface area contributed by atoms with E-state index in [1.54, 1.807) is 0 Å². The van der Waals surface area contributed by atoms with Gasteiger partial charge in [0.2, 0.25) is 0 Å². The molecule has 90 valence electrons. The summed E-state index contributed by atoms with van der Waals surface area (Å²) in [4.78, 5) is 2.51. The van der Waals surface area contributed by atoms with E-state index in [1.807, 2.05) is 0 Å². The third-order valence-electron chi connectivity index (χ3n) is 3.94. The molecule has 3 nitrogen and oxygen atoms in total. The number of likely N-dealkylation sites (tertiary alicyclic amines) is 1. The average molecular weight is 221 g/mol. The van der Waals surface area contributed by atoms with Crippen LogP contribution < -0.4 is 5.32 Å². The highest BCUT2D eigenvalue weighted by Crippen LogP contribution is 2.24. The summed E-state index contributed by atoms with van der Waals surface area (Å²) < 4.78 is 0. The molecule has 3 heteroatoms. The first-order valence-electron chi connectivity index (χ1n) is 6.62. The van der Waals surface area contributed by atoms with Gasteiger partial charge in [0.15, 0.2) is 0 Å². The zero-order valence-corrected chi connectivity index (χ0v) is 10.4. The molecule has 1 aliphatic carbocycles. The second-order valence-electron chi connectivity index (χ2n) is 5.45. The van der Waals surface area contributed by atoms with Crippen molar-refractivity contribution < 1.29 is 0 Å². The van der Waals surface area contributed by atoms with Crippen molar-refractivity contribution in [2.45, 2.75) is 70.1 Å². The number of nitriles is 1. The lowest BCUT2D eigenvalue weighted by Gasteiger charge is -2.40. The van der Waals surface area contributed by atoms with Gasteiger partial charge in [0, 0.05) is 24.7 Å². The SMILES string of the molecule is CC1CCCC(C)N1CC(C#N)NC1CC1. The van der Waals surface area contributed by atoms with E-state index in [-0.39, 0.29) is 6.04 Å². The Kier molecular flexibility index (Phi) is 3.83. The van der Waals surface area contributed by atoms with Gasteiger partial charge in [0.25, 0.3) is 0 Å². The Balaban J connectivity index is 1.86. The molecule has 0 aromatic heterocycles. The van der Waals surface area contributed by atoms with Crippen LogP contribution in [0, 0.1) is 11.3 Å². The van der Waals surface area contributed by atoms with Gasteiger partial charge >= 0.3 is 0 Å². The van der Waals surface area contributed by atoms with Gasteiger partial charge in [-0.15, -0.1) is 0 Å². The van der Waals surface area contributed by atoms with E-state index in [9.17, 15) is 0 Å². The van der Waals surface area contributed by atoms with Gasteiger partial charge in [0.05, 0.1) is 6.07 Å². The number of hydrogen-bond acceptors (Lipinski definition) is 3. The van der Waals surface area contributed by atoms with Crippen molar-refractivity contribution in [1.29, 1.82) is 5.26 Å². The van der Waals surface area contributed by atoms with Crippen LogP contribution in [0.25, 0.3) is 0 Å². The molecule has 0 radical (unpaired) electrons. The summed E-state index contributed by atoms with van der Waals surface area (Å²) in [5.41, 5.74) is 0. The van der Waals surface area contributed by atoms with Crippen molar-refractivity contribution in [1.82, 2.24) is 10.2 Å². The maximum atomic E-state index is 9.17. The molecule has 1 saturated carbocycles. The molecule has 3 atom stereocenters. The van der Waals surface area contributed by atoms with Crippen molar-refractivity contribution in [3.8, 4) is 6.07 Å². The molecule has 2 aliphatic rings. The van der Waals surface area contributed by atoms with E-state index >= 15 is 0 Å². The van der Waals surface area contributed by atoms with E-state index < -0.39 is 0 Å². The molecule has 1 aliphatic heterocycles. The normalized spacial score (nSPS) is 33.3. The number of piperidine rings is 1. The van der Waals surface area contributed by atoms with Crippen molar-refractivity contribution >= 4 is 0 Å². The molecule has 2 rings (SSSR count). The zero-order chi connectivity index (χ0) is 11.5. The van der Waals surface area contributed by atoms with Gasteiger partial charge in [-0.2, -0.15) is 5.26 Å². The summed E-state index contributed by atoms with van der Waals surface area (Å²) >= 11 is 0. The Morgan fingerprint density at radius 1 is 1.25 bits per heavy atom. The molecule has 0 bridgehead atoms. The highest BCUT2D eigenvalue weighted by Gasteiger charge is 2.30. The highest BCUT2D eigenvalue weighted by molar-refractivity contribution is 4.99. The Hall–Kier alpha value is -0.590. The number of nitrogens with one attached hydrogen (secondary N) is 1. The number of rotatable bonds is 4. The molecule has 3 unspecified atom stereocenters. The van der Waals surface area contributed by atoms with Crippen LogP contribution in [-0.2, 0) is 0 Å². The maximum absolute atomic E-state index is 9.17. The van der Waals surface area contributed by atoms with E-state index in [1.165, 1.54) is 32.1 Å². The average Bonchev–Trinajstić information content (AvgIpc) is 3.06. The second kappa shape index (κ2) is 5.16. The van der Waals surface area contributed by atoms with Gasteiger partial charge in [-0.1, -0.05) is 6.42 Å². The second-order valence-corrected chi connectivity index (χ2v) is 5.45. The highest BCUT2D eigenvalue weighted by atomic mass is 15.2. The smallest absolute Gasteiger partial charge is 0.108 e. The Labute approximate surface area is 98.8 Å². The lowest BCUT2D eigenvalue weighted by molar-refractivity contribution is 0.0973. The van der Waals surface area contributed by atoms with E-state index in [0.717, 1.165) is 6.54 Å². The molecular formula is C13H23N3. The molecule has 1 saturated heterocycles. The van der Waals surface area contributed by atoms with Crippen LogP contribution in [0.5, 0.6) is 0 Å². The van der Waals surface area contributed by atoms with Gasteiger partial charge in [-0.3, -0.25) is 10.2 Å². The van der Waals surface area contributed by atoms with E-state index in [0.29, 0.717) is 18.1 Å². The molecule has 1 heterocycles.